The minimum atomic E-state index is -6.30. The van der Waals surface area contributed by atoms with Gasteiger partial charge in [0.15, 0.2) is 0 Å². The Morgan fingerprint density at radius 2 is 1.38 bits per heavy atom. The highest BCUT2D eigenvalue weighted by Gasteiger charge is 2.67. The molecule has 0 aromatic heterocycles. The fraction of sp³-hybridized carbons (Fsp3) is 1.00. The van der Waals surface area contributed by atoms with Crippen LogP contribution in [0.4, 0.5) is 26.3 Å². The Hall–Kier alpha value is -0.180. The Bertz CT molecular complexity index is 281. The van der Waals surface area contributed by atoms with Crippen molar-refractivity contribution in [3.63, 3.8) is 0 Å². The van der Waals surface area contributed by atoms with Crippen molar-refractivity contribution in [3.8, 4) is 0 Å². The molecular formula is C3HClF6O2S. The zero-order valence-electron chi connectivity index (χ0n) is 5.45. The van der Waals surface area contributed by atoms with Crippen LogP contribution in [0.5, 0.6) is 0 Å². The second kappa shape index (κ2) is 3.19. The van der Waals surface area contributed by atoms with Crippen LogP contribution in [-0.4, -0.2) is 26.0 Å². The second-order valence-electron chi connectivity index (χ2n) is 1.91. The Morgan fingerprint density at radius 1 is 1.08 bits per heavy atom. The van der Waals surface area contributed by atoms with E-state index in [1.807, 2.05) is 0 Å². The summed E-state index contributed by atoms with van der Waals surface area (Å²) < 4.78 is 89.3. The average Bonchev–Trinajstić information content (AvgIpc) is 1.81. The smallest absolute Gasteiger partial charge is 0.221 e. The molecule has 0 N–H and O–H groups in total. The van der Waals surface area contributed by atoms with Crippen molar-refractivity contribution in [2.24, 2.45) is 0 Å². The first-order chi connectivity index (χ1) is 5.40. The molecule has 0 saturated heterocycles. The monoisotopic (exact) mass is 250 g/mol. The second-order valence-corrected chi connectivity index (χ2v) is 4.57. The summed E-state index contributed by atoms with van der Waals surface area (Å²) >= 11 is 0. The number of halogens is 7. The van der Waals surface area contributed by atoms with Crippen molar-refractivity contribution < 1.29 is 34.8 Å². The normalized spacial score (nSPS) is 17.2. The summed E-state index contributed by atoms with van der Waals surface area (Å²) in [5.41, 5.74) is -4.50. The van der Waals surface area contributed by atoms with E-state index < -0.39 is 26.7 Å². The van der Waals surface area contributed by atoms with Crippen molar-refractivity contribution in [1.82, 2.24) is 0 Å². The van der Waals surface area contributed by atoms with E-state index >= 15 is 0 Å². The van der Waals surface area contributed by atoms with E-state index in [4.69, 9.17) is 0 Å². The maximum Gasteiger partial charge on any atom is 0.457 e. The number of hydrogen-bond donors (Lipinski definition) is 0. The molecule has 0 amide bonds. The molecule has 0 spiro atoms. The lowest BCUT2D eigenvalue weighted by Crippen LogP contribution is -2.47. The highest BCUT2D eigenvalue weighted by Crippen LogP contribution is 2.41. The molecule has 0 aliphatic rings. The lowest BCUT2D eigenvalue weighted by molar-refractivity contribution is -0.292. The Balaban J connectivity index is 5.09. The van der Waals surface area contributed by atoms with Crippen LogP contribution >= 0.6 is 10.7 Å². The van der Waals surface area contributed by atoms with Gasteiger partial charge in [0.25, 0.3) is 14.6 Å². The van der Waals surface area contributed by atoms with Crippen LogP contribution in [0, 0.1) is 0 Å². The predicted octanol–water partition coefficient (Wildman–Crippen LogP) is 2.05. The van der Waals surface area contributed by atoms with E-state index in [-0.39, 0.29) is 0 Å². The molecule has 80 valence electrons. The van der Waals surface area contributed by atoms with E-state index in [0.29, 0.717) is 0 Å². The topological polar surface area (TPSA) is 34.1 Å². The van der Waals surface area contributed by atoms with Gasteiger partial charge in [-0.2, -0.15) is 22.0 Å². The summed E-state index contributed by atoms with van der Waals surface area (Å²) in [5.74, 6) is -6.01. The molecular weight excluding hydrogens is 250 g/mol. The summed E-state index contributed by atoms with van der Waals surface area (Å²) in [4.78, 5) is 0. The highest BCUT2D eigenvalue weighted by molar-refractivity contribution is 8.14. The number of rotatable bonds is 2. The summed E-state index contributed by atoms with van der Waals surface area (Å²) in [6.07, 6.45) is -6.30. The third-order valence-corrected chi connectivity index (χ3v) is 2.17. The quantitative estimate of drug-likeness (QED) is 0.555. The van der Waals surface area contributed by atoms with Crippen molar-refractivity contribution in [3.05, 3.63) is 0 Å². The maximum atomic E-state index is 12.0. The standard InChI is InChI=1S/C3HClF6O2S/c4-13(11,12)1(5)2(6,7)3(8,9)10/h1H. The Kier molecular flexibility index (Phi) is 3.15. The third-order valence-electron chi connectivity index (χ3n) is 0.910. The fourth-order valence-electron chi connectivity index (χ4n) is 0.305. The molecule has 2 nitrogen and oxygen atoms in total. The van der Waals surface area contributed by atoms with Crippen molar-refractivity contribution >= 4 is 19.7 Å². The van der Waals surface area contributed by atoms with Crippen LogP contribution in [0.15, 0.2) is 0 Å². The molecule has 13 heavy (non-hydrogen) atoms. The first-order valence-electron chi connectivity index (χ1n) is 2.43. The van der Waals surface area contributed by atoms with Crippen molar-refractivity contribution in [1.29, 1.82) is 0 Å². The van der Waals surface area contributed by atoms with Gasteiger partial charge in [0.2, 0.25) is 0 Å². The van der Waals surface area contributed by atoms with Crippen LogP contribution in [0.3, 0.4) is 0 Å². The highest BCUT2D eigenvalue weighted by atomic mass is 35.7. The van der Waals surface area contributed by atoms with Gasteiger partial charge in [-0.05, 0) is 0 Å². The third kappa shape index (κ3) is 2.63. The molecule has 10 heteroatoms. The van der Waals surface area contributed by atoms with E-state index in [2.05, 4.69) is 10.7 Å². The summed E-state index contributed by atoms with van der Waals surface area (Å²) in [6.45, 7) is 0. The van der Waals surface area contributed by atoms with E-state index in [1.54, 1.807) is 0 Å². The predicted molar refractivity (Wildman–Crippen MR) is 30.7 cm³/mol. The minimum absolute atomic E-state index is 3.99. The van der Waals surface area contributed by atoms with Crippen LogP contribution in [0.25, 0.3) is 0 Å². The molecule has 0 fully saturated rings. The molecule has 0 rings (SSSR count). The van der Waals surface area contributed by atoms with Gasteiger partial charge in [-0.15, -0.1) is 0 Å². The molecule has 0 aromatic carbocycles. The average molecular weight is 251 g/mol. The summed E-state index contributed by atoms with van der Waals surface area (Å²) in [7, 11) is -1.62. The molecule has 0 aliphatic carbocycles. The van der Waals surface area contributed by atoms with Gasteiger partial charge in [-0.25, -0.2) is 12.8 Å². The fourth-order valence-corrected chi connectivity index (χ4v) is 1.13. The van der Waals surface area contributed by atoms with Gasteiger partial charge < -0.3 is 0 Å². The van der Waals surface area contributed by atoms with Crippen LogP contribution < -0.4 is 0 Å². The number of alkyl halides is 6. The lowest BCUT2D eigenvalue weighted by Gasteiger charge is -2.20. The van der Waals surface area contributed by atoms with E-state index in [9.17, 15) is 34.8 Å². The minimum Gasteiger partial charge on any atom is -0.221 e. The summed E-state index contributed by atoms with van der Waals surface area (Å²) in [5, 5.41) is 0. The molecule has 0 bridgehead atoms. The Morgan fingerprint density at radius 3 is 1.46 bits per heavy atom. The molecule has 0 saturated carbocycles. The molecule has 0 heterocycles. The van der Waals surface area contributed by atoms with Gasteiger partial charge in [0.1, 0.15) is 0 Å². The van der Waals surface area contributed by atoms with Crippen LogP contribution in [0.2, 0.25) is 0 Å². The first kappa shape index (κ1) is 12.8. The van der Waals surface area contributed by atoms with Gasteiger partial charge in [0.05, 0.1) is 0 Å². The van der Waals surface area contributed by atoms with Gasteiger partial charge in [-0.3, -0.25) is 0 Å². The van der Waals surface area contributed by atoms with Gasteiger partial charge in [-0.1, -0.05) is 0 Å². The van der Waals surface area contributed by atoms with Crippen LogP contribution in [-0.2, 0) is 9.05 Å². The van der Waals surface area contributed by atoms with E-state index in [1.165, 1.54) is 0 Å². The Labute approximate surface area is 72.9 Å². The molecule has 0 aromatic rings. The van der Waals surface area contributed by atoms with Crippen molar-refractivity contribution in [2.45, 2.75) is 17.6 Å². The zero-order valence-corrected chi connectivity index (χ0v) is 7.02. The lowest BCUT2D eigenvalue weighted by atomic mass is 10.4. The zero-order chi connectivity index (χ0) is 11.1. The van der Waals surface area contributed by atoms with Gasteiger partial charge in [0, 0.05) is 10.7 Å². The van der Waals surface area contributed by atoms with Crippen molar-refractivity contribution in [2.75, 3.05) is 0 Å². The number of hydrogen-bond acceptors (Lipinski definition) is 2. The maximum absolute atomic E-state index is 12.0. The first-order valence-corrected chi connectivity index (χ1v) is 4.80. The van der Waals surface area contributed by atoms with Crippen LogP contribution in [0.1, 0.15) is 0 Å². The molecule has 0 radical (unpaired) electrons. The molecule has 1 unspecified atom stereocenters. The largest absolute Gasteiger partial charge is 0.457 e. The molecule has 1 atom stereocenters. The SMILES string of the molecule is O=S(=O)(Cl)C(F)C(F)(F)C(F)(F)F. The van der Waals surface area contributed by atoms with E-state index in [0.717, 1.165) is 0 Å². The van der Waals surface area contributed by atoms with Gasteiger partial charge >= 0.3 is 12.1 Å². The summed E-state index contributed by atoms with van der Waals surface area (Å²) in [6, 6.07) is 0. The molecule has 0 aliphatic heterocycles.